The van der Waals surface area contributed by atoms with Gasteiger partial charge in [-0.15, -0.1) is 17.0 Å². The number of hydrogen-bond donors (Lipinski definition) is 1. The summed E-state index contributed by atoms with van der Waals surface area (Å²) >= 11 is 0. The van der Waals surface area contributed by atoms with Crippen molar-refractivity contribution >= 4 is 23.1 Å². The Morgan fingerprint density at radius 2 is 1.72 bits per heavy atom. The topological polar surface area (TPSA) is 76.5 Å². The van der Waals surface area contributed by atoms with E-state index in [1.54, 1.807) is 18.3 Å². The zero-order chi connectivity index (χ0) is 18.6. The summed E-state index contributed by atoms with van der Waals surface area (Å²) in [5.74, 6) is 0.329. The van der Waals surface area contributed by atoms with Crippen molar-refractivity contribution in [2.24, 2.45) is 0 Å². The molecule has 0 aromatic carbocycles. The Bertz CT molecular complexity index is 476. The van der Waals surface area contributed by atoms with Crippen molar-refractivity contribution in [1.29, 1.82) is 0 Å². The van der Waals surface area contributed by atoms with E-state index in [2.05, 4.69) is 25.9 Å². The van der Waals surface area contributed by atoms with E-state index < -0.39 is 6.09 Å². The number of carboxylic acid groups (broad SMARTS) is 1. The lowest BCUT2D eigenvalue weighted by Gasteiger charge is -2.34. The van der Waals surface area contributed by atoms with E-state index in [0.29, 0.717) is 5.75 Å². The Morgan fingerprint density at radius 3 is 2.08 bits per heavy atom. The number of carbonyl (C=O) groups excluding carboxylic acids is 1. The first-order valence-electron chi connectivity index (χ1n) is 8.60. The van der Waals surface area contributed by atoms with Gasteiger partial charge in [0.2, 0.25) is 0 Å². The third kappa shape index (κ3) is 11.8. The summed E-state index contributed by atoms with van der Waals surface area (Å²) in [6.07, 6.45) is 5.50. The van der Waals surface area contributed by atoms with Crippen molar-refractivity contribution in [1.82, 2.24) is 9.88 Å². The average molecular weight is 420 g/mol. The van der Waals surface area contributed by atoms with Gasteiger partial charge in [-0.2, -0.15) is 0 Å². The van der Waals surface area contributed by atoms with Crippen molar-refractivity contribution < 1.29 is 19.5 Å². The summed E-state index contributed by atoms with van der Waals surface area (Å²) in [6.45, 7) is 7.59. The number of quaternary nitrogens is 1. The van der Waals surface area contributed by atoms with Crippen LogP contribution in [0.1, 0.15) is 45.2 Å². The van der Waals surface area contributed by atoms with Crippen LogP contribution in [0.2, 0.25) is 0 Å². The second kappa shape index (κ2) is 13.9. The highest BCUT2D eigenvalue weighted by Gasteiger charge is 2.23. The second-order valence-corrected chi connectivity index (χ2v) is 6.56. The van der Waals surface area contributed by atoms with E-state index in [-0.39, 0.29) is 17.0 Å². The van der Waals surface area contributed by atoms with Gasteiger partial charge in [-0.1, -0.05) is 26.7 Å². The normalized spacial score (nSPS) is 10.3. The molecule has 146 valence electrons. The van der Waals surface area contributed by atoms with Crippen LogP contribution in [0.3, 0.4) is 0 Å². The van der Waals surface area contributed by atoms with Gasteiger partial charge >= 0.3 is 0 Å². The van der Waals surface area contributed by atoms with Crippen LogP contribution in [0.25, 0.3) is 0 Å². The number of rotatable bonds is 8. The molecule has 0 aliphatic carbocycles. The van der Waals surface area contributed by atoms with Crippen molar-refractivity contribution in [2.75, 3.05) is 34.2 Å². The number of nitrogens with zero attached hydrogens (tertiary/aromatic N) is 3. The Balaban J connectivity index is 0. The fourth-order valence-corrected chi connectivity index (χ4v) is 2.26. The number of unbranched alkanes of at least 4 members (excludes halogenated alkanes) is 2. The van der Waals surface area contributed by atoms with Gasteiger partial charge in [0.15, 0.2) is 0 Å². The van der Waals surface area contributed by atoms with Crippen molar-refractivity contribution in [3.63, 3.8) is 0 Å². The van der Waals surface area contributed by atoms with Crippen LogP contribution < -0.4 is 5.11 Å². The highest BCUT2D eigenvalue weighted by atomic mass is 79.9. The highest BCUT2D eigenvalue weighted by molar-refractivity contribution is 8.93. The van der Waals surface area contributed by atoms with Gasteiger partial charge in [0.05, 0.1) is 20.1 Å². The monoisotopic (exact) mass is 419 g/mol. The molecule has 7 heteroatoms. The summed E-state index contributed by atoms with van der Waals surface area (Å²) in [5.41, 5.74) is 0.826. The number of pyridine rings is 1. The van der Waals surface area contributed by atoms with Gasteiger partial charge in [-0.25, -0.2) is 0 Å². The molecule has 6 nitrogen and oxygen atoms in total. The van der Waals surface area contributed by atoms with E-state index >= 15 is 0 Å². The predicted octanol–water partition coefficient (Wildman–Crippen LogP) is 2.80. The SMILES string of the molecule is Br.CCCC[N+](C)(CCCC)Cc1ncccc1O.CN(C)C(=O)[O-]. The lowest BCUT2D eigenvalue weighted by atomic mass is 10.2. The summed E-state index contributed by atoms with van der Waals surface area (Å²) in [4.78, 5) is 14.8. The molecule has 0 radical (unpaired) electrons. The van der Waals surface area contributed by atoms with Crippen LogP contribution in [0.4, 0.5) is 4.79 Å². The zero-order valence-electron chi connectivity index (χ0n) is 16.2. The van der Waals surface area contributed by atoms with Gasteiger partial charge in [-0.05, 0) is 25.0 Å². The molecule has 0 fully saturated rings. The Morgan fingerprint density at radius 1 is 1.24 bits per heavy atom. The van der Waals surface area contributed by atoms with Crippen LogP contribution in [-0.4, -0.2) is 59.8 Å². The lowest BCUT2D eigenvalue weighted by Crippen LogP contribution is -2.45. The van der Waals surface area contributed by atoms with E-state index in [9.17, 15) is 15.0 Å². The number of aromatic nitrogens is 1. The summed E-state index contributed by atoms with van der Waals surface area (Å²) < 4.78 is 0.978. The molecule has 25 heavy (non-hydrogen) atoms. The molecule has 1 rings (SSSR count). The fourth-order valence-electron chi connectivity index (χ4n) is 2.26. The van der Waals surface area contributed by atoms with Gasteiger partial charge in [-0.3, -0.25) is 4.98 Å². The highest BCUT2D eigenvalue weighted by Crippen LogP contribution is 2.20. The molecular weight excluding hydrogens is 386 g/mol. The Hall–Kier alpha value is -1.34. The van der Waals surface area contributed by atoms with Crippen molar-refractivity contribution in [2.45, 2.75) is 46.1 Å². The van der Waals surface area contributed by atoms with Crippen LogP contribution >= 0.6 is 17.0 Å². The second-order valence-electron chi connectivity index (χ2n) is 6.56. The zero-order valence-corrected chi connectivity index (χ0v) is 17.9. The number of aromatic hydroxyl groups is 1. The minimum absolute atomic E-state index is 0. The molecule has 0 aliphatic rings. The molecular formula is C18H34BrN3O3. The maximum atomic E-state index is 9.85. The first-order valence-corrected chi connectivity index (χ1v) is 8.60. The van der Waals surface area contributed by atoms with Gasteiger partial charge in [0, 0.05) is 20.3 Å². The summed E-state index contributed by atoms with van der Waals surface area (Å²) in [7, 11) is 5.10. The molecule has 0 saturated carbocycles. The van der Waals surface area contributed by atoms with Crippen molar-refractivity contribution in [3.8, 4) is 5.75 Å². The van der Waals surface area contributed by atoms with E-state index in [1.807, 2.05) is 0 Å². The predicted molar refractivity (Wildman–Crippen MR) is 105 cm³/mol. The molecule has 0 unspecified atom stereocenters. The minimum atomic E-state index is -1.16. The minimum Gasteiger partial charge on any atom is -0.530 e. The molecule has 0 aliphatic heterocycles. The molecule has 1 heterocycles. The number of amides is 1. The third-order valence-electron chi connectivity index (χ3n) is 3.87. The first-order chi connectivity index (χ1) is 11.3. The first kappa shape index (κ1) is 25.9. The van der Waals surface area contributed by atoms with Gasteiger partial charge < -0.3 is 24.4 Å². The smallest absolute Gasteiger partial charge is 0.142 e. The quantitative estimate of drug-likeness (QED) is 0.657. The van der Waals surface area contributed by atoms with Crippen LogP contribution in [0.15, 0.2) is 18.3 Å². The molecule has 0 bridgehead atoms. The molecule has 0 saturated heterocycles. The van der Waals surface area contributed by atoms with Crippen LogP contribution in [-0.2, 0) is 6.54 Å². The molecule has 0 spiro atoms. The van der Waals surface area contributed by atoms with E-state index in [1.165, 1.54) is 39.8 Å². The maximum absolute atomic E-state index is 9.85. The Kier molecular flexibility index (Phi) is 14.4. The Labute approximate surface area is 162 Å². The summed E-state index contributed by atoms with van der Waals surface area (Å²) in [6, 6.07) is 3.51. The fraction of sp³-hybridized carbons (Fsp3) is 0.667. The van der Waals surface area contributed by atoms with Gasteiger partial charge in [0.25, 0.3) is 0 Å². The number of carbonyl (C=O) groups is 1. The van der Waals surface area contributed by atoms with E-state index in [0.717, 1.165) is 34.7 Å². The molecule has 1 N–H and O–H groups in total. The van der Waals surface area contributed by atoms with Crippen LogP contribution in [0.5, 0.6) is 5.75 Å². The number of halogens is 1. The molecule has 1 aromatic heterocycles. The van der Waals surface area contributed by atoms with Crippen molar-refractivity contribution in [3.05, 3.63) is 24.0 Å². The molecule has 1 amide bonds. The molecule has 0 atom stereocenters. The van der Waals surface area contributed by atoms with E-state index in [4.69, 9.17) is 0 Å². The lowest BCUT2D eigenvalue weighted by molar-refractivity contribution is -0.923. The average Bonchev–Trinajstić information content (AvgIpc) is 2.54. The largest absolute Gasteiger partial charge is 0.530 e. The third-order valence-corrected chi connectivity index (χ3v) is 3.87. The maximum Gasteiger partial charge on any atom is 0.142 e. The molecule has 1 aromatic rings. The van der Waals surface area contributed by atoms with Crippen LogP contribution in [0, 0.1) is 0 Å². The number of hydrogen-bond acceptors (Lipinski definition) is 4. The summed E-state index contributed by atoms with van der Waals surface area (Å²) in [5, 5.41) is 19.4. The van der Waals surface area contributed by atoms with Gasteiger partial charge in [0.1, 0.15) is 24.1 Å². The standard InChI is InChI=1S/C15H26N2O.C3H7NO2.BrH/c1-4-6-11-17(3,12-7-5-2)13-14-15(18)9-8-10-16-14;1-4(2)3(5)6;/h8-10H,4-7,11-13H2,1-3H3;1-2H3,(H,5,6);1H.